The molecule has 0 aliphatic rings. The Morgan fingerprint density at radius 1 is 0.266 bits per heavy atom. The summed E-state index contributed by atoms with van der Waals surface area (Å²) in [6.45, 7) is 6.51. The van der Waals surface area contributed by atoms with Gasteiger partial charge in [-0.2, -0.15) is 0 Å². The van der Waals surface area contributed by atoms with Crippen molar-refractivity contribution < 1.29 is 28.6 Å². The van der Waals surface area contributed by atoms with Gasteiger partial charge in [-0.1, -0.05) is 297 Å². The van der Waals surface area contributed by atoms with E-state index >= 15 is 0 Å². The molecule has 0 spiro atoms. The van der Waals surface area contributed by atoms with E-state index in [9.17, 15) is 14.4 Å². The van der Waals surface area contributed by atoms with Crippen LogP contribution in [0.15, 0.2) is 109 Å². The summed E-state index contributed by atoms with van der Waals surface area (Å²) in [6, 6.07) is 0. The van der Waals surface area contributed by atoms with Gasteiger partial charge in [-0.3, -0.25) is 14.4 Å². The lowest BCUT2D eigenvalue weighted by Crippen LogP contribution is -2.30. The Bertz CT molecular complexity index is 1590. The highest BCUT2D eigenvalue weighted by atomic mass is 16.6. The van der Waals surface area contributed by atoms with Crippen LogP contribution in [-0.2, 0) is 28.6 Å². The van der Waals surface area contributed by atoms with E-state index in [4.69, 9.17) is 14.2 Å². The first-order valence-corrected chi connectivity index (χ1v) is 33.4. The standard InChI is InChI=1S/C73H124O6/c1-4-7-10-13-16-19-21-23-25-27-29-31-32-33-34-35-36-37-38-39-40-42-43-45-47-49-51-54-57-60-63-66-72(75)78-69-70(68-77-71(74)65-62-59-56-53-18-15-12-9-6-3)79-73(76)67-64-61-58-55-52-50-48-46-44-41-30-28-26-24-22-20-17-14-11-8-5-2/h7,10,16,19,22-25,28-31,33-34,36-37,39-40,70H,4-6,8-9,11-15,17-18,20-21,26-27,32,35,38,41-69H2,1-3H3/b10-7-,19-16-,24-22-,25-23-,30-28-,31-29-,34-33-,37-36-,40-39-. The number of esters is 3. The second kappa shape index (κ2) is 66.6. The Labute approximate surface area is 489 Å². The molecule has 0 bridgehead atoms. The summed E-state index contributed by atoms with van der Waals surface area (Å²) in [6.07, 6.45) is 91.1. The van der Waals surface area contributed by atoms with Gasteiger partial charge < -0.3 is 14.2 Å². The Hall–Kier alpha value is -3.93. The van der Waals surface area contributed by atoms with E-state index < -0.39 is 6.10 Å². The van der Waals surface area contributed by atoms with Gasteiger partial charge in [0.05, 0.1) is 0 Å². The molecule has 6 heteroatoms. The van der Waals surface area contributed by atoms with Crippen LogP contribution >= 0.6 is 0 Å². The van der Waals surface area contributed by atoms with E-state index in [1.54, 1.807) is 0 Å². The van der Waals surface area contributed by atoms with Crippen molar-refractivity contribution in [2.75, 3.05) is 13.2 Å². The van der Waals surface area contributed by atoms with Crippen LogP contribution in [0.5, 0.6) is 0 Å². The Kier molecular flexibility index (Phi) is 63.3. The summed E-state index contributed by atoms with van der Waals surface area (Å²) in [5.41, 5.74) is 0. The molecule has 0 radical (unpaired) electrons. The molecule has 0 aromatic carbocycles. The number of ether oxygens (including phenoxy) is 3. The largest absolute Gasteiger partial charge is 0.462 e. The normalized spacial score (nSPS) is 12.8. The Balaban J connectivity index is 4.21. The lowest BCUT2D eigenvalue weighted by Gasteiger charge is -2.18. The Morgan fingerprint density at radius 2 is 0.494 bits per heavy atom. The molecule has 0 N–H and O–H groups in total. The van der Waals surface area contributed by atoms with Crippen molar-refractivity contribution >= 4 is 17.9 Å². The van der Waals surface area contributed by atoms with Gasteiger partial charge in [0.25, 0.3) is 0 Å². The summed E-state index contributed by atoms with van der Waals surface area (Å²) in [5.74, 6) is -0.884. The summed E-state index contributed by atoms with van der Waals surface area (Å²) >= 11 is 0. The van der Waals surface area contributed by atoms with E-state index in [0.29, 0.717) is 19.3 Å². The maximum atomic E-state index is 12.9. The van der Waals surface area contributed by atoms with Crippen molar-refractivity contribution in [3.63, 3.8) is 0 Å². The molecule has 0 aliphatic carbocycles. The molecular weight excluding hydrogens is 973 g/mol. The summed E-state index contributed by atoms with van der Waals surface area (Å²) in [7, 11) is 0. The van der Waals surface area contributed by atoms with Gasteiger partial charge in [0.15, 0.2) is 6.10 Å². The zero-order chi connectivity index (χ0) is 57.1. The van der Waals surface area contributed by atoms with Crippen molar-refractivity contribution in [1.82, 2.24) is 0 Å². The molecule has 0 saturated carbocycles. The van der Waals surface area contributed by atoms with Crippen molar-refractivity contribution in [3.8, 4) is 0 Å². The predicted molar refractivity (Wildman–Crippen MR) is 343 cm³/mol. The lowest BCUT2D eigenvalue weighted by molar-refractivity contribution is -0.167. The van der Waals surface area contributed by atoms with Gasteiger partial charge in [-0.15, -0.1) is 0 Å². The maximum Gasteiger partial charge on any atom is 0.306 e. The molecule has 0 heterocycles. The molecular formula is C73H124O6. The van der Waals surface area contributed by atoms with Gasteiger partial charge in [-0.25, -0.2) is 0 Å². The van der Waals surface area contributed by atoms with E-state index in [1.165, 1.54) is 161 Å². The van der Waals surface area contributed by atoms with Crippen molar-refractivity contribution in [3.05, 3.63) is 109 Å². The highest BCUT2D eigenvalue weighted by Crippen LogP contribution is 2.16. The number of allylic oxidation sites excluding steroid dienone is 18. The molecule has 0 fully saturated rings. The quantitative estimate of drug-likeness (QED) is 0.0261. The van der Waals surface area contributed by atoms with Crippen molar-refractivity contribution in [1.29, 1.82) is 0 Å². The maximum absolute atomic E-state index is 12.9. The van der Waals surface area contributed by atoms with Gasteiger partial charge in [0.1, 0.15) is 13.2 Å². The minimum atomic E-state index is -0.782. The fraction of sp³-hybridized carbons (Fsp3) is 0.712. The van der Waals surface area contributed by atoms with Gasteiger partial charge in [0, 0.05) is 19.3 Å². The van der Waals surface area contributed by atoms with Crippen LogP contribution in [0, 0.1) is 0 Å². The first kappa shape index (κ1) is 75.1. The smallest absolute Gasteiger partial charge is 0.306 e. The third-order valence-corrected chi connectivity index (χ3v) is 14.3. The number of hydrogen-bond donors (Lipinski definition) is 0. The molecule has 0 aromatic rings. The molecule has 0 aromatic heterocycles. The van der Waals surface area contributed by atoms with Crippen LogP contribution in [0.3, 0.4) is 0 Å². The van der Waals surface area contributed by atoms with Gasteiger partial charge in [-0.05, 0) is 109 Å². The average Bonchev–Trinajstić information content (AvgIpc) is 3.45. The number of hydrogen-bond acceptors (Lipinski definition) is 6. The van der Waals surface area contributed by atoms with Gasteiger partial charge in [0.2, 0.25) is 0 Å². The molecule has 1 atom stereocenters. The minimum absolute atomic E-state index is 0.0794. The fourth-order valence-electron chi connectivity index (χ4n) is 9.28. The third-order valence-electron chi connectivity index (χ3n) is 14.3. The average molecular weight is 1100 g/mol. The summed E-state index contributed by atoms with van der Waals surface area (Å²) in [5, 5.41) is 0. The fourth-order valence-corrected chi connectivity index (χ4v) is 9.28. The Morgan fingerprint density at radius 3 is 0.772 bits per heavy atom. The van der Waals surface area contributed by atoms with Crippen molar-refractivity contribution in [2.45, 2.75) is 322 Å². The summed E-state index contributed by atoms with van der Waals surface area (Å²) < 4.78 is 16.9. The molecule has 1 unspecified atom stereocenters. The lowest BCUT2D eigenvalue weighted by atomic mass is 10.1. The highest BCUT2D eigenvalue weighted by Gasteiger charge is 2.19. The molecule has 0 rings (SSSR count). The zero-order valence-electron chi connectivity index (χ0n) is 51.9. The van der Waals surface area contributed by atoms with Crippen LogP contribution < -0.4 is 0 Å². The topological polar surface area (TPSA) is 78.9 Å². The zero-order valence-corrected chi connectivity index (χ0v) is 51.9. The van der Waals surface area contributed by atoms with E-state index in [0.717, 1.165) is 116 Å². The van der Waals surface area contributed by atoms with E-state index in [2.05, 4.69) is 130 Å². The van der Waals surface area contributed by atoms with Crippen LogP contribution in [-0.4, -0.2) is 37.2 Å². The van der Waals surface area contributed by atoms with Gasteiger partial charge >= 0.3 is 17.9 Å². The predicted octanol–water partition coefficient (Wildman–Crippen LogP) is 23.0. The molecule has 0 amide bonds. The van der Waals surface area contributed by atoms with Crippen LogP contribution in [0.1, 0.15) is 316 Å². The van der Waals surface area contributed by atoms with Crippen molar-refractivity contribution in [2.24, 2.45) is 0 Å². The van der Waals surface area contributed by atoms with Crippen LogP contribution in [0.2, 0.25) is 0 Å². The van der Waals surface area contributed by atoms with E-state index in [-0.39, 0.29) is 31.1 Å². The summed E-state index contributed by atoms with van der Waals surface area (Å²) in [4.78, 5) is 38.2. The molecule has 452 valence electrons. The molecule has 0 saturated heterocycles. The minimum Gasteiger partial charge on any atom is -0.462 e. The molecule has 0 aliphatic heterocycles. The third kappa shape index (κ3) is 64.8. The second-order valence-electron chi connectivity index (χ2n) is 22.0. The first-order chi connectivity index (χ1) is 39.0. The van der Waals surface area contributed by atoms with Crippen LogP contribution in [0.4, 0.5) is 0 Å². The van der Waals surface area contributed by atoms with E-state index in [1.807, 2.05) is 0 Å². The number of carbonyl (C=O) groups is 3. The first-order valence-electron chi connectivity index (χ1n) is 33.4. The van der Waals surface area contributed by atoms with Crippen LogP contribution in [0.25, 0.3) is 0 Å². The molecule has 79 heavy (non-hydrogen) atoms. The monoisotopic (exact) mass is 1100 g/mol. The SMILES string of the molecule is CC/C=C\C/C=C\C/C=C\C/C=C\C/C=C\C/C=C\C/C=C\CCCCCCCCCCCC(=O)OCC(COC(=O)CCCCCCCCCCC)OC(=O)CCCCCCCCCCC/C=C\C/C=C\CCCCCCC. The molecule has 6 nitrogen and oxygen atoms in total. The highest BCUT2D eigenvalue weighted by molar-refractivity contribution is 5.71. The second-order valence-corrected chi connectivity index (χ2v) is 22.0. The number of carbonyl (C=O) groups excluding carboxylic acids is 3. The number of unbranched alkanes of at least 4 members (excludes halogenated alkanes) is 31. The number of rotatable bonds is 60.